The highest BCUT2D eigenvalue weighted by molar-refractivity contribution is 7.99. The van der Waals surface area contributed by atoms with Gasteiger partial charge in [-0.1, -0.05) is 43.7 Å². The van der Waals surface area contributed by atoms with Gasteiger partial charge in [-0.25, -0.2) is 4.68 Å². The van der Waals surface area contributed by atoms with Crippen LogP contribution in [0.4, 0.5) is 11.6 Å². The van der Waals surface area contributed by atoms with E-state index in [4.69, 9.17) is 0 Å². The van der Waals surface area contributed by atoms with E-state index in [2.05, 4.69) is 22.3 Å². The molecule has 0 spiro atoms. The number of aromatic nitrogens is 3. The Morgan fingerprint density at radius 2 is 2.21 bits per heavy atom. The minimum absolute atomic E-state index is 0.00210. The van der Waals surface area contributed by atoms with Crippen molar-refractivity contribution in [3.63, 3.8) is 0 Å². The number of ketones is 1. The van der Waals surface area contributed by atoms with E-state index in [-0.39, 0.29) is 11.5 Å². The van der Waals surface area contributed by atoms with Gasteiger partial charge < -0.3 is 5.32 Å². The van der Waals surface area contributed by atoms with Crippen molar-refractivity contribution in [3.05, 3.63) is 51.2 Å². The zero-order valence-electron chi connectivity index (χ0n) is 16.3. The molecule has 29 heavy (non-hydrogen) atoms. The van der Waals surface area contributed by atoms with E-state index in [9.17, 15) is 14.9 Å². The Labute approximate surface area is 172 Å². The predicted octanol–water partition coefficient (Wildman–Crippen LogP) is 4.49. The molecule has 0 fully saturated rings. The normalized spacial score (nSPS) is 18.2. The summed E-state index contributed by atoms with van der Waals surface area (Å²) in [6, 6.07) is 5.96. The quantitative estimate of drug-likeness (QED) is 0.309. The summed E-state index contributed by atoms with van der Waals surface area (Å²) in [7, 11) is 0. The third-order valence-electron chi connectivity index (χ3n) is 5.22. The second kappa shape index (κ2) is 8.36. The first-order valence-corrected chi connectivity index (χ1v) is 10.9. The van der Waals surface area contributed by atoms with E-state index in [1.807, 2.05) is 6.07 Å². The van der Waals surface area contributed by atoms with E-state index in [0.717, 1.165) is 37.1 Å². The Morgan fingerprint density at radius 3 is 3.00 bits per heavy atom. The van der Waals surface area contributed by atoms with Crippen LogP contribution >= 0.6 is 11.8 Å². The van der Waals surface area contributed by atoms with Crippen LogP contribution in [0.25, 0.3) is 0 Å². The Hall–Kier alpha value is -2.68. The van der Waals surface area contributed by atoms with Crippen molar-refractivity contribution < 1.29 is 9.72 Å². The van der Waals surface area contributed by atoms with Gasteiger partial charge in [0.2, 0.25) is 11.1 Å². The number of benzene rings is 1. The number of non-ortho nitro benzene ring substituents is 1. The number of thioether (sulfide) groups is 1. The highest BCUT2D eigenvalue weighted by atomic mass is 32.2. The van der Waals surface area contributed by atoms with Gasteiger partial charge in [-0.2, -0.15) is 4.98 Å². The van der Waals surface area contributed by atoms with Crippen LogP contribution in [-0.2, 0) is 4.79 Å². The molecule has 1 atom stereocenters. The molecule has 1 aromatic heterocycles. The topological polar surface area (TPSA) is 103 Å². The van der Waals surface area contributed by atoms with Crippen molar-refractivity contribution in [3.8, 4) is 0 Å². The number of nitro groups is 1. The molecule has 152 valence electrons. The molecule has 8 nitrogen and oxygen atoms in total. The maximum Gasteiger partial charge on any atom is 0.269 e. The zero-order chi connectivity index (χ0) is 20.4. The lowest BCUT2D eigenvalue weighted by molar-refractivity contribution is -0.384. The van der Waals surface area contributed by atoms with Crippen molar-refractivity contribution in [2.75, 3.05) is 11.1 Å². The van der Waals surface area contributed by atoms with Crippen LogP contribution in [0.1, 0.15) is 57.1 Å². The highest BCUT2D eigenvalue weighted by Crippen LogP contribution is 2.41. The van der Waals surface area contributed by atoms with E-state index < -0.39 is 11.0 Å². The lowest BCUT2D eigenvalue weighted by Gasteiger charge is -2.32. The van der Waals surface area contributed by atoms with E-state index in [0.29, 0.717) is 28.7 Å². The molecule has 4 rings (SSSR count). The number of nitrogens with one attached hydrogen (secondary N) is 1. The summed E-state index contributed by atoms with van der Waals surface area (Å²) < 4.78 is 1.71. The number of nitrogens with zero attached hydrogens (tertiary/aromatic N) is 4. The molecule has 2 aliphatic rings. The summed E-state index contributed by atoms with van der Waals surface area (Å²) in [5.74, 6) is 1.59. The number of hydrogen-bond donors (Lipinski definition) is 1. The van der Waals surface area contributed by atoms with Crippen molar-refractivity contribution in [1.29, 1.82) is 0 Å². The fourth-order valence-electron chi connectivity index (χ4n) is 3.83. The summed E-state index contributed by atoms with van der Waals surface area (Å²) >= 11 is 1.60. The van der Waals surface area contributed by atoms with E-state index in [1.54, 1.807) is 22.5 Å². The van der Waals surface area contributed by atoms with Gasteiger partial charge in [0.15, 0.2) is 5.78 Å². The van der Waals surface area contributed by atoms with Crippen LogP contribution in [0.2, 0.25) is 0 Å². The Kier molecular flexibility index (Phi) is 5.66. The van der Waals surface area contributed by atoms with Gasteiger partial charge in [0, 0.05) is 35.6 Å². The van der Waals surface area contributed by atoms with Gasteiger partial charge in [0.1, 0.15) is 6.04 Å². The summed E-state index contributed by atoms with van der Waals surface area (Å²) in [6.45, 7) is 2.17. The monoisotopic (exact) mass is 413 g/mol. The fraction of sp³-hybridized carbons (Fsp3) is 0.450. The lowest BCUT2D eigenvalue weighted by Crippen LogP contribution is -2.31. The summed E-state index contributed by atoms with van der Waals surface area (Å²) in [4.78, 5) is 28.3. The molecule has 0 bridgehead atoms. The first-order valence-electron chi connectivity index (χ1n) is 9.95. The number of rotatable bonds is 7. The number of unbranched alkanes of at least 4 members (excludes halogenated alkanes) is 2. The first-order chi connectivity index (χ1) is 14.1. The number of hydrogen-bond acceptors (Lipinski definition) is 7. The minimum Gasteiger partial charge on any atom is -0.328 e. The molecule has 1 N–H and O–H groups in total. The number of carbonyl (C=O) groups excluding carboxylic acids is 1. The molecule has 0 radical (unpaired) electrons. The van der Waals surface area contributed by atoms with Crippen LogP contribution in [0.5, 0.6) is 0 Å². The van der Waals surface area contributed by atoms with Crippen molar-refractivity contribution in [2.45, 2.75) is 56.6 Å². The van der Waals surface area contributed by atoms with Crippen molar-refractivity contribution in [2.24, 2.45) is 0 Å². The summed E-state index contributed by atoms with van der Waals surface area (Å²) in [5.41, 5.74) is 2.19. The number of carbonyl (C=O) groups is 1. The number of allylic oxidation sites excluding steroid dienone is 2. The number of nitro benzene ring substituents is 1. The second-order valence-electron chi connectivity index (χ2n) is 7.27. The van der Waals surface area contributed by atoms with Crippen LogP contribution in [0.15, 0.2) is 40.7 Å². The van der Waals surface area contributed by atoms with Gasteiger partial charge in [-0.05, 0) is 24.8 Å². The maximum atomic E-state index is 12.8. The van der Waals surface area contributed by atoms with Crippen molar-refractivity contribution >= 4 is 29.2 Å². The van der Waals surface area contributed by atoms with Crippen LogP contribution < -0.4 is 5.32 Å². The minimum atomic E-state index is -0.494. The molecule has 0 amide bonds. The standard InChI is InChI=1S/C20H23N5O3S/c1-2-3-4-11-29-20-22-19-21-15-9-6-10-16(26)17(15)18(24(19)23-20)13-7-5-8-14(12-13)25(27)28/h5,7-8,12,18H,2-4,6,9-11H2,1H3,(H,21,22,23). The Morgan fingerprint density at radius 1 is 1.34 bits per heavy atom. The molecular weight excluding hydrogens is 390 g/mol. The fourth-order valence-corrected chi connectivity index (χ4v) is 4.66. The van der Waals surface area contributed by atoms with Gasteiger partial charge >= 0.3 is 0 Å². The average molecular weight is 414 g/mol. The maximum absolute atomic E-state index is 12.8. The third-order valence-corrected chi connectivity index (χ3v) is 6.15. The SMILES string of the molecule is CCCCCSc1nc2n(n1)C(c1cccc([N+](=O)[O-])c1)C1=C(CCCC1=O)N2. The molecule has 9 heteroatoms. The number of Topliss-reactive ketones (excluding diaryl/α,β-unsaturated/α-hetero) is 1. The van der Waals surface area contributed by atoms with Gasteiger partial charge in [-0.3, -0.25) is 14.9 Å². The van der Waals surface area contributed by atoms with Gasteiger partial charge in [0.25, 0.3) is 5.69 Å². The van der Waals surface area contributed by atoms with Crippen LogP contribution in [0, 0.1) is 10.1 Å². The number of fused-ring (bicyclic) bond motifs is 1. The molecular formula is C20H23N5O3S. The molecule has 2 heterocycles. The van der Waals surface area contributed by atoms with Crippen LogP contribution in [0.3, 0.4) is 0 Å². The average Bonchev–Trinajstić information content (AvgIpc) is 3.12. The molecule has 2 aromatic rings. The number of anilines is 1. The summed E-state index contributed by atoms with van der Waals surface area (Å²) in [6.07, 6.45) is 5.45. The second-order valence-corrected chi connectivity index (χ2v) is 8.33. The molecule has 1 aliphatic heterocycles. The molecule has 1 aromatic carbocycles. The molecule has 0 saturated carbocycles. The highest BCUT2D eigenvalue weighted by Gasteiger charge is 2.37. The molecule has 1 unspecified atom stereocenters. The summed E-state index contributed by atoms with van der Waals surface area (Å²) in [5, 5.41) is 19.9. The largest absolute Gasteiger partial charge is 0.328 e. The Bertz CT molecular complexity index is 984. The van der Waals surface area contributed by atoms with Crippen molar-refractivity contribution in [1.82, 2.24) is 14.8 Å². The first kappa shape index (κ1) is 19.6. The molecule has 1 aliphatic carbocycles. The smallest absolute Gasteiger partial charge is 0.269 e. The van der Waals surface area contributed by atoms with E-state index >= 15 is 0 Å². The zero-order valence-corrected chi connectivity index (χ0v) is 17.1. The third kappa shape index (κ3) is 3.91. The van der Waals surface area contributed by atoms with Gasteiger partial charge in [-0.15, -0.1) is 5.10 Å². The van der Waals surface area contributed by atoms with Crippen LogP contribution in [-0.4, -0.2) is 31.2 Å². The molecule has 0 saturated heterocycles. The predicted molar refractivity (Wildman–Crippen MR) is 111 cm³/mol. The van der Waals surface area contributed by atoms with E-state index in [1.165, 1.54) is 18.6 Å². The van der Waals surface area contributed by atoms with Gasteiger partial charge in [0.05, 0.1) is 4.92 Å². The lowest BCUT2D eigenvalue weighted by atomic mass is 9.85. The Balaban J connectivity index is 1.74.